The number of rotatable bonds is 5. The molecule has 0 atom stereocenters. The highest BCUT2D eigenvalue weighted by Gasteiger charge is 2.16. The molecule has 2 aromatic carbocycles. The minimum absolute atomic E-state index is 0.210. The van der Waals surface area contributed by atoms with E-state index < -0.39 is 11.8 Å². The van der Waals surface area contributed by atoms with Gasteiger partial charge in [0.1, 0.15) is 12.7 Å². The maximum absolute atomic E-state index is 12.4. The van der Waals surface area contributed by atoms with Crippen molar-refractivity contribution in [3.8, 4) is 0 Å². The van der Waals surface area contributed by atoms with Gasteiger partial charge in [-0.2, -0.15) is 5.10 Å². The van der Waals surface area contributed by atoms with Gasteiger partial charge in [0, 0.05) is 23.8 Å². The SMILES string of the molecule is O=C(NCc1cccc2cccnc12)C(=O)Nc1ccccc1Cn1cncn1. The zero-order chi connectivity index (χ0) is 20.1. The third-order valence-electron chi connectivity index (χ3n) is 4.43. The van der Waals surface area contributed by atoms with Gasteiger partial charge < -0.3 is 10.6 Å². The molecule has 0 saturated heterocycles. The number of aromatic nitrogens is 4. The lowest BCUT2D eigenvalue weighted by molar-refractivity contribution is -0.136. The monoisotopic (exact) mass is 386 g/mol. The van der Waals surface area contributed by atoms with Gasteiger partial charge in [-0.05, 0) is 23.3 Å². The number of amides is 2. The zero-order valence-corrected chi connectivity index (χ0v) is 15.4. The smallest absolute Gasteiger partial charge is 0.313 e. The van der Waals surface area contributed by atoms with Crippen LogP contribution in [0, 0.1) is 0 Å². The molecule has 144 valence electrons. The number of hydrogen-bond donors (Lipinski definition) is 2. The predicted octanol–water partition coefficient (Wildman–Crippen LogP) is 2.13. The lowest BCUT2D eigenvalue weighted by atomic mass is 10.1. The molecule has 4 aromatic rings. The molecular weight excluding hydrogens is 368 g/mol. The van der Waals surface area contributed by atoms with E-state index in [1.54, 1.807) is 29.3 Å². The third-order valence-corrected chi connectivity index (χ3v) is 4.43. The molecule has 0 radical (unpaired) electrons. The van der Waals surface area contributed by atoms with Crippen LogP contribution in [0.1, 0.15) is 11.1 Å². The van der Waals surface area contributed by atoms with Gasteiger partial charge in [0.2, 0.25) is 0 Å². The molecule has 0 unspecified atom stereocenters. The Morgan fingerprint density at radius 3 is 2.62 bits per heavy atom. The van der Waals surface area contributed by atoms with Crippen LogP contribution in [0.25, 0.3) is 10.9 Å². The molecule has 0 fully saturated rings. The van der Waals surface area contributed by atoms with E-state index in [1.807, 2.05) is 42.5 Å². The first-order valence-electron chi connectivity index (χ1n) is 9.03. The van der Waals surface area contributed by atoms with Crippen LogP contribution in [0.2, 0.25) is 0 Å². The molecule has 4 rings (SSSR count). The van der Waals surface area contributed by atoms with Crippen LogP contribution in [0.5, 0.6) is 0 Å². The first-order chi connectivity index (χ1) is 14.2. The van der Waals surface area contributed by atoms with E-state index in [4.69, 9.17) is 0 Å². The molecule has 2 amide bonds. The summed E-state index contributed by atoms with van der Waals surface area (Å²) in [6, 6.07) is 16.8. The van der Waals surface area contributed by atoms with Crippen molar-refractivity contribution in [3.05, 3.63) is 84.6 Å². The first-order valence-corrected chi connectivity index (χ1v) is 9.03. The topological polar surface area (TPSA) is 102 Å². The molecule has 0 aliphatic carbocycles. The minimum atomic E-state index is -0.732. The molecule has 0 spiro atoms. The van der Waals surface area contributed by atoms with Crippen LogP contribution in [0.3, 0.4) is 0 Å². The van der Waals surface area contributed by atoms with E-state index in [1.165, 1.54) is 6.33 Å². The fraction of sp³-hybridized carbons (Fsp3) is 0.0952. The van der Waals surface area contributed by atoms with Gasteiger partial charge in [-0.3, -0.25) is 14.6 Å². The van der Waals surface area contributed by atoms with Crippen molar-refractivity contribution in [2.75, 3.05) is 5.32 Å². The van der Waals surface area contributed by atoms with E-state index in [0.717, 1.165) is 22.0 Å². The number of carbonyl (C=O) groups is 2. The molecule has 29 heavy (non-hydrogen) atoms. The maximum Gasteiger partial charge on any atom is 0.313 e. The number of para-hydroxylation sites is 2. The van der Waals surface area contributed by atoms with E-state index in [9.17, 15) is 9.59 Å². The Morgan fingerprint density at radius 1 is 0.931 bits per heavy atom. The largest absolute Gasteiger partial charge is 0.344 e. The van der Waals surface area contributed by atoms with E-state index in [2.05, 4.69) is 25.7 Å². The van der Waals surface area contributed by atoms with Crippen molar-refractivity contribution in [3.63, 3.8) is 0 Å². The van der Waals surface area contributed by atoms with E-state index in [0.29, 0.717) is 12.2 Å². The van der Waals surface area contributed by atoms with E-state index in [-0.39, 0.29) is 6.54 Å². The number of carbonyl (C=O) groups excluding carboxylic acids is 2. The summed E-state index contributed by atoms with van der Waals surface area (Å²) < 4.78 is 1.64. The normalized spacial score (nSPS) is 10.6. The summed E-state index contributed by atoms with van der Waals surface area (Å²) in [5.74, 6) is -1.45. The summed E-state index contributed by atoms with van der Waals surface area (Å²) in [5.41, 5.74) is 3.01. The number of pyridine rings is 1. The van der Waals surface area contributed by atoms with Gasteiger partial charge in [0.05, 0.1) is 12.1 Å². The lowest BCUT2D eigenvalue weighted by Gasteiger charge is -2.11. The van der Waals surface area contributed by atoms with Crippen LogP contribution in [-0.4, -0.2) is 31.6 Å². The molecular formula is C21H18N6O2. The second-order valence-electron chi connectivity index (χ2n) is 6.38. The summed E-state index contributed by atoms with van der Waals surface area (Å²) >= 11 is 0. The van der Waals surface area contributed by atoms with Gasteiger partial charge in [-0.25, -0.2) is 9.67 Å². The highest BCUT2D eigenvalue weighted by atomic mass is 16.2. The standard InChI is InChI=1S/C21H18N6O2/c28-20(24-11-16-7-3-6-15-8-4-10-23-19(15)16)21(29)26-18-9-2-1-5-17(18)12-27-14-22-13-25-27/h1-10,13-14H,11-12H2,(H,24,28)(H,26,29). The predicted molar refractivity (Wildman–Crippen MR) is 108 cm³/mol. The average molecular weight is 386 g/mol. The van der Waals surface area contributed by atoms with Crippen molar-refractivity contribution < 1.29 is 9.59 Å². The van der Waals surface area contributed by atoms with Crippen molar-refractivity contribution in [2.45, 2.75) is 13.1 Å². The Morgan fingerprint density at radius 2 is 1.76 bits per heavy atom. The second-order valence-corrected chi connectivity index (χ2v) is 6.38. The van der Waals surface area contributed by atoms with Crippen LogP contribution in [-0.2, 0) is 22.7 Å². The Labute approximate surface area is 166 Å². The summed E-state index contributed by atoms with van der Waals surface area (Å²) in [6.45, 7) is 0.640. The number of benzene rings is 2. The summed E-state index contributed by atoms with van der Waals surface area (Å²) in [6.07, 6.45) is 4.73. The van der Waals surface area contributed by atoms with E-state index >= 15 is 0 Å². The molecule has 0 aliphatic heterocycles. The fourth-order valence-corrected chi connectivity index (χ4v) is 3.01. The molecule has 8 heteroatoms. The van der Waals surface area contributed by atoms with Gasteiger partial charge >= 0.3 is 11.8 Å². The molecule has 0 saturated carbocycles. The molecule has 2 N–H and O–H groups in total. The highest BCUT2D eigenvalue weighted by molar-refractivity contribution is 6.39. The fourth-order valence-electron chi connectivity index (χ4n) is 3.01. The Hall–Kier alpha value is -4.07. The Kier molecular flexibility index (Phi) is 5.24. The van der Waals surface area contributed by atoms with Crippen molar-refractivity contribution in [1.82, 2.24) is 25.1 Å². The molecule has 0 bridgehead atoms. The first kappa shape index (κ1) is 18.3. The number of hydrogen-bond acceptors (Lipinski definition) is 5. The van der Waals surface area contributed by atoms with Crippen molar-refractivity contribution in [2.24, 2.45) is 0 Å². The molecule has 0 aliphatic rings. The van der Waals surface area contributed by atoms with Crippen LogP contribution >= 0.6 is 0 Å². The molecule has 8 nitrogen and oxygen atoms in total. The van der Waals surface area contributed by atoms with Crippen LogP contribution in [0.4, 0.5) is 5.69 Å². The van der Waals surface area contributed by atoms with Gasteiger partial charge in [0.25, 0.3) is 0 Å². The van der Waals surface area contributed by atoms with Crippen LogP contribution in [0.15, 0.2) is 73.4 Å². The zero-order valence-electron chi connectivity index (χ0n) is 15.4. The minimum Gasteiger partial charge on any atom is -0.344 e. The Balaban J connectivity index is 1.42. The second kappa shape index (κ2) is 8.30. The Bertz CT molecular complexity index is 1150. The third kappa shape index (κ3) is 4.27. The average Bonchev–Trinajstić information content (AvgIpc) is 3.26. The van der Waals surface area contributed by atoms with Crippen LogP contribution < -0.4 is 10.6 Å². The number of anilines is 1. The number of nitrogens with one attached hydrogen (secondary N) is 2. The van der Waals surface area contributed by atoms with Gasteiger partial charge in [-0.15, -0.1) is 0 Å². The summed E-state index contributed by atoms with van der Waals surface area (Å²) in [4.78, 5) is 33.0. The summed E-state index contributed by atoms with van der Waals surface area (Å²) in [5, 5.41) is 10.4. The summed E-state index contributed by atoms with van der Waals surface area (Å²) in [7, 11) is 0. The van der Waals surface area contributed by atoms with Gasteiger partial charge in [-0.1, -0.05) is 42.5 Å². The van der Waals surface area contributed by atoms with Gasteiger partial charge in [0.15, 0.2) is 0 Å². The van der Waals surface area contributed by atoms with Crippen molar-refractivity contribution in [1.29, 1.82) is 0 Å². The maximum atomic E-state index is 12.4. The molecule has 2 aromatic heterocycles. The number of fused-ring (bicyclic) bond motifs is 1. The lowest BCUT2D eigenvalue weighted by Crippen LogP contribution is -2.35. The number of nitrogens with zero attached hydrogens (tertiary/aromatic N) is 4. The molecule has 2 heterocycles. The van der Waals surface area contributed by atoms with Crippen molar-refractivity contribution >= 4 is 28.4 Å². The quantitative estimate of drug-likeness (QED) is 0.512. The highest BCUT2D eigenvalue weighted by Crippen LogP contribution is 2.17.